The fraction of sp³-hybridized carbons (Fsp3) is 0.143. The first kappa shape index (κ1) is 23.1. The van der Waals surface area contributed by atoms with Crippen LogP contribution in [0.5, 0.6) is 0 Å². The maximum Gasteiger partial charge on any atom is 0.312 e. The Morgan fingerprint density at radius 1 is 1.03 bits per heavy atom. The molecule has 0 spiro atoms. The molecule has 166 valence electrons. The lowest BCUT2D eigenvalue weighted by Gasteiger charge is -2.10. The number of hydrogen-bond donors (Lipinski definition) is 3. The highest BCUT2D eigenvalue weighted by Gasteiger charge is 2.11. The molecule has 0 unspecified atom stereocenters. The van der Waals surface area contributed by atoms with Gasteiger partial charge in [-0.2, -0.15) is 5.10 Å². The highest BCUT2D eigenvalue weighted by Crippen LogP contribution is 2.18. The third-order valence-corrected chi connectivity index (χ3v) is 4.85. The molecule has 0 aliphatic rings. The minimum absolute atomic E-state index is 0.0220. The molecule has 8 nitrogen and oxygen atoms in total. The zero-order valence-corrected chi connectivity index (χ0v) is 17.7. The molecule has 1 heterocycles. The molecule has 1 aromatic heterocycles. The van der Waals surface area contributed by atoms with Gasteiger partial charge in [0.05, 0.1) is 12.2 Å². The van der Waals surface area contributed by atoms with E-state index in [1.165, 1.54) is 12.1 Å². The van der Waals surface area contributed by atoms with Crippen molar-refractivity contribution < 1.29 is 18.4 Å². The molecule has 3 N–H and O–H groups in total. The number of carbonyl (C=O) groups is 2. The first-order valence-electron chi connectivity index (χ1n) is 9.49. The van der Waals surface area contributed by atoms with Crippen molar-refractivity contribution in [1.29, 1.82) is 0 Å². The van der Waals surface area contributed by atoms with E-state index in [0.29, 0.717) is 12.1 Å². The SMILES string of the molecule is CCNSC(=O)NNC(=O)c1cccc(Cn2nc(-c3cc(F)cc(F)c3)ccc2=O)c1. The van der Waals surface area contributed by atoms with Crippen molar-refractivity contribution in [2.24, 2.45) is 0 Å². The van der Waals surface area contributed by atoms with Crippen molar-refractivity contribution in [2.75, 3.05) is 6.54 Å². The highest BCUT2D eigenvalue weighted by molar-refractivity contribution is 8.11. The minimum Gasteiger partial charge on any atom is -0.268 e. The fourth-order valence-corrected chi connectivity index (χ4v) is 3.12. The molecule has 0 aliphatic heterocycles. The Hall–Kier alpha value is -3.57. The van der Waals surface area contributed by atoms with Crippen molar-refractivity contribution in [2.45, 2.75) is 13.5 Å². The van der Waals surface area contributed by atoms with Crippen LogP contribution in [0.3, 0.4) is 0 Å². The Labute approximate surface area is 186 Å². The molecule has 3 rings (SSSR count). The molecule has 3 aromatic rings. The molecule has 32 heavy (non-hydrogen) atoms. The molecular formula is C21H19F2N5O3S. The number of carbonyl (C=O) groups excluding carboxylic acids is 2. The standard InChI is InChI=1S/C21H19F2N5O3S/c1-2-24-32-21(31)26-25-20(30)14-5-3-4-13(8-14)12-28-19(29)7-6-18(27-28)15-9-16(22)11-17(23)10-15/h3-11,24H,2,12H2,1H3,(H,25,30)(H,26,31). The molecule has 0 radical (unpaired) electrons. The van der Waals surface area contributed by atoms with Crippen LogP contribution in [0.25, 0.3) is 11.3 Å². The zero-order chi connectivity index (χ0) is 23.1. The summed E-state index contributed by atoms with van der Waals surface area (Å²) < 4.78 is 30.9. The Kier molecular flexibility index (Phi) is 7.68. The number of hydrogen-bond acceptors (Lipinski definition) is 6. The summed E-state index contributed by atoms with van der Waals surface area (Å²) in [6, 6.07) is 12.0. The molecule has 11 heteroatoms. The molecule has 0 saturated carbocycles. The lowest BCUT2D eigenvalue weighted by molar-refractivity contribution is 0.0939. The van der Waals surface area contributed by atoms with Crippen molar-refractivity contribution in [3.05, 3.63) is 87.7 Å². The number of nitrogens with one attached hydrogen (secondary N) is 3. The smallest absolute Gasteiger partial charge is 0.268 e. The van der Waals surface area contributed by atoms with Gasteiger partial charge in [-0.3, -0.25) is 30.0 Å². The van der Waals surface area contributed by atoms with Crippen LogP contribution >= 0.6 is 11.9 Å². The van der Waals surface area contributed by atoms with Crippen LogP contribution in [0, 0.1) is 11.6 Å². The number of rotatable bonds is 6. The summed E-state index contributed by atoms with van der Waals surface area (Å²) in [5.41, 5.74) is 5.39. The van der Waals surface area contributed by atoms with E-state index in [0.717, 1.165) is 34.8 Å². The third kappa shape index (κ3) is 6.22. The van der Waals surface area contributed by atoms with Gasteiger partial charge in [0, 0.05) is 41.8 Å². The van der Waals surface area contributed by atoms with Gasteiger partial charge in [0.15, 0.2) is 0 Å². The number of aromatic nitrogens is 2. The van der Waals surface area contributed by atoms with Crippen LogP contribution in [-0.4, -0.2) is 27.5 Å². The second kappa shape index (κ2) is 10.6. The van der Waals surface area contributed by atoms with Gasteiger partial charge in [0.2, 0.25) is 0 Å². The monoisotopic (exact) mass is 459 g/mol. The van der Waals surface area contributed by atoms with Crippen LogP contribution in [0.2, 0.25) is 0 Å². The fourth-order valence-electron chi connectivity index (χ4n) is 2.74. The molecule has 0 atom stereocenters. The first-order valence-corrected chi connectivity index (χ1v) is 10.3. The van der Waals surface area contributed by atoms with E-state index >= 15 is 0 Å². The van der Waals surface area contributed by atoms with Gasteiger partial charge in [0.25, 0.3) is 11.5 Å². The molecule has 0 aliphatic carbocycles. The van der Waals surface area contributed by atoms with E-state index in [1.807, 2.05) is 6.92 Å². The van der Waals surface area contributed by atoms with E-state index in [1.54, 1.807) is 24.3 Å². The maximum absolute atomic E-state index is 13.5. The van der Waals surface area contributed by atoms with Gasteiger partial charge >= 0.3 is 5.24 Å². The van der Waals surface area contributed by atoms with Gasteiger partial charge in [-0.1, -0.05) is 19.1 Å². The summed E-state index contributed by atoms with van der Waals surface area (Å²) in [7, 11) is 0. The van der Waals surface area contributed by atoms with Gasteiger partial charge < -0.3 is 0 Å². The third-order valence-electron chi connectivity index (χ3n) is 4.13. The molecule has 2 aromatic carbocycles. The Balaban J connectivity index is 1.76. The summed E-state index contributed by atoms with van der Waals surface area (Å²) >= 11 is 0.813. The van der Waals surface area contributed by atoms with Gasteiger partial charge in [-0.05, 0) is 35.9 Å². The number of nitrogens with zero attached hydrogens (tertiary/aromatic N) is 2. The van der Waals surface area contributed by atoms with Crippen LogP contribution in [0.1, 0.15) is 22.8 Å². The predicted octanol–water partition coefficient (Wildman–Crippen LogP) is 2.85. The zero-order valence-electron chi connectivity index (χ0n) is 16.9. The molecule has 0 saturated heterocycles. The molecular weight excluding hydrogens is 440 g/mol. The van der Waals surface area contributed by atoms with Crippen molar-refractivity contribution >= 4 is 23.1 Å². The first-order chi connectivity index (χ1) is 15.4. The van der Waals surface area contributed by atoms with Crippen molar-refractivity contribution in [3.8, 4) is 11.3 Å². The van der Waals surface area contributed by atoms with E-state index in [2.05, 4.69) is 20.7 Å². The van der Waals surface area contributed by atoms with Crippen LogP contribution in [-0.2, 0) is 6.54 Å². The van der Waals surface area contributed by atoms with Crippen LogP contribution in [0.15, 0.2) is 59.4 Å². The summed E-state index contributed by atoms with van der Waals surface area (Å²) in [6.45, 7) is 2.43. The van der Waals surface area contributed by atoms with E-state index in [9.17, 15) is 23.2 Å². The van der Waals surface area contributed by atoms with Crippen molar-refractivity contribution in [1.82, 2.24) is 25.4 Å². The van der Waals surface area contributed by atoms with E-state index in [4.69, 9.17) is 0 Å². The van der Waals surface area contributed by atoms with E-state index in [-0.39, 0.29) is 23.4 Å². The second-order valence-corrected chi connectivity index (χ2v) is 7.40. The number of benzene rings is 2. The van der Waals surface area contributed by atoms with Crippen LogP contribution < -0.4 is 21.1 Å². The van der Waals surface area contributed by atoms with E-state index < -0.39 is 28.3 Å². The Bertz CT molecular complexity index is 1180. The van der Waals surface area contributed by atoms with Crippen LogP contribution in [0.4, 0.5) is 13.6 Å². The molecule has 0 fully saturated rings. The highest BCUT2D eigenvalue weighted by atomic mass is 32.2. The lowest BCUT2D eigenvalue weighted by Crippen LogP contribution is -2.40. The quantitative estimate of drug-likeness (QED) is 0.387. The normalized spacial score (nSPS) is 10.6. The number of hydrazine groups is 1. The van der Waals surface area contributed by atoms with Gasteiger partial charge in [-0.25, -0.2) is 13.5 Å². The number of amides is 2. The largest absolute Gasteiger partial charge is 0.312 e. The average molecular weight is 459 g/mol. The average Bonchev–Trinajstić information content (AvgIpc) is 2.77. The second-order valence-electron chi connectivity index (χ2n) is 6.54. The van der Waals surface area contributed by atoms with Crippen molar-refractivity contribution in [3.63, 3.8) is 0 Å². The summed E-state index contributed by atoms with van der Waals surface area (Å²) in [4.78, 5) is 36.1. The Morgan fingerprint density at radius 3 is 2.50 bits per heavy atom. The predicted molar refractivity (Wildman–Crippen MR) is 117 cm³/mol. The minimum atomic E-state index is -0.755. The topological polar surface area (TPSA) is 105 Å². The summed E-state index contributed by atoms with van der Waals surface area (Å²) in [6.07, 6.45) is 0. The maximum atomic E-state index is 13.5. The summed E-state index contributed by atoms with van der Waals surface area (Å²) in [5, 5.41) is 3.71. The van der Waals surface area contributed by atoms with Gasteiger partial charge in [0.1, 0.15) is 11.6 Å². The van der Waals surface area contributed by atoms with Gasteiger partial charge in [-0.15, -0.1) is 0 Å². The number of halogens is 2. The molecule has 0 bridgehead atoms. The molecule has 2 amide bonds. The Morgan fingerprint density at radius 2 is 1.78 bits per heavy atom. The summed E-state index contributed by atoms with van der Waals surface area (Å²) in [5.74, 6) is -2.05. The lowest BCUT2D eigenvalue weighted by atomic mass is 10.1.